The number of amides is 1. The second kappa shape index (κ2) is 44.8. The highest BCUT2D eigenvalue weighted by atomic mass is 16.5. The number of unbranched alkanes of at least 4 members (excludes halogenated alkanes) is 27. The maximum atomic E-state index is 12.4. The van der Waals surface area contributed by atoms with Crippen molar-refractivity contribution in [3.05, 3.63) is 36.5 Å². The molecule has 0 aliphatic rings. The fraction of sp³-hybridized carbons (Fsp3) is 0.837. The van der Waals surface area contributed by atoms with Crippen LogP contribution >= 0.6 is 0 Å². The first kappa shape index (κ1) is 53.1. The Bertz CT molecular complexity index is 900. The Hall–Kier alpha value is -1.92. The number of rotatable bonds is 43. The van der Waals surface area contributed by atoms with Crippen molar-refractivity contribution in [3.8, 4) is 0 Å². The largest absolute Gasteiger partial charge is 0.466 e. The van der Waals surface area contributed by atoms with Gasteiger partial charge in [-0.2, -0.15) is 0 Å². The second-order valence-corrected chi connectivity index (χ2v) is 16.1. The van der Waals surface area contributed by atoms with Gasteiger partial charge in [-0.25, -0.2) is 0 Å². The van der Waals surface area contributed by atoms with Crippen LogP contribution in [0.4, 0.5) is 0 Å². The molecule has 1 amide bonds. The highest BCUT2D eigenvalue weighted by molar-refractivity contribution is 5.76. The minimum absolute atomic E-state index is 0.0337. The number of ether oxygens (including phenoxy) is 1. The van der Waals surface area contributed by atoms with Crippen LogP contribution in [0, 0.1) is 0 Å². The monoisotopic (exact) mass is 774 g/mol. The number of hydrogen-bond acceptors (Lipinski definition) is 5. The van der Waals surface area contributed by atoms with Gasteiger partial charge in [0, 0.05) is 12.8 Å². The molecule has 322 valence electrons. The van der Waals surface area contributed by atoms with E-state index in [1.807, 2.05) is 0 Å². The lowest BCUT2D eigenvalue weighted by molar-refractivity contribution is -0.143. The van der Waals surface area contributed by atoms with Crippen molar-refractivity contribution in [1.29, 1.82) is 0 Å². The van der Waals surface area contributed by atoms with Gasteiger partial charge in [0.15, 0.2) is 0 Å². The number of aliphatic hydroxyl groups is 2. The predicted octanol–water partition coefficient (Wildman–Crippen LogP) is 13.7. The third kappa shape index (κ3) is 41.5. The Morgan fingerprint density at radius 2 is 0.927 bits per heavy atom. The third-order valence-corrected chi connectivity index (χ3v) is 10.7. The van der Waals surface area contributed by atoms with Crippen LogP contribution in [0.3, 0.4) is 0 Å². The minimum atomic E-state index is -0.677. The van der Waals surface area contributed by atoms with Gasteiger partial charge in [0.25, 0.3) is 0 Å². The van der Waals surface area contributed by atoms with Gasteiger partial charge in [-0.3, -0.25) is 9.59 Å². The molecule has 0 aromatic rings. The summed E-state index contributed by atoms with van der Waals surface area (Å²) in [6.07, 6.45) is 52.5. The average Bonchev–Trinajstić information content (AvgIpc) is 3.18. The van der Waals surface area contributed by atoms with E-state index in [1.165, 1.54) is 128 Å². The maximum absolute atomic E-state index is 12.4. The Morgan fingerprint density at radius 3 is 1.45 bits per heavy atom. The molecule has 0 aliphatic heterocycles. The summed E-state index contributed by atoms with van der Waals surface area (Å²) < 4.78 is 5.41. The van der Waals surface area contributed by atoms with E-state index in [0.717, 1.165) is 77.0 Å². The lowest BCUT2D eigenvalue weighted by Gasteiger charge is -2.22. The van der Waals surface area contributed by atoms with Crippen molar-refractivity contribution in [3.63, 3.8) is 0 Å². The molecule has 6 heteroatoms. The molecule has 0 bridgehead atoms. The molecular formula is C49H91NO5. The van der Waals surface area contributed by atoms with Crippen LogP contribution in [0.2, 0.25) is 0 Å². The predicted molar refractivity (Wildman–Crippen MR) is 236 cm³/mol. The van der Waals surface area contributed by atoms with E-state index in [2.05, 4.69) is 55.6 Å². The zero-order valence-corrected chi connectivity index (χ0v) is 36.4. The van der Waals surface area contributed by atoms with Gasteiger partial charge in [-0.1, -0.05) is 185 Å². The Balaban J connectivity index is 3.55. The van der Waals surface area contributed by atoms with Gasteiger partial charge < -0.3 is 20.3 Å². The maximum Gasteiger partial charge on any atom is 0.305 e. The van der Waals surface area contributed by atoms with Gasteiger partial charge in [0.2, 0.25) is 5.91 Å². The summed E-state index contributed by atoms with van der Waals surface area (Å²) in [5, 5.41) is 23.1. The molecule has 6 nitrogen and oxygen atoms in total. The molecule has 0 aromatic carbocycles. The Kier molecular flexibility index (Phi) is 43.2. The average molecular weight is 774 g/mol. The molecule has 55 heavy (non-hydrogen) atoms. The molecule has 0 rings (SSSR count). The Labute approximate surface area is 341 Å². The Morgan fingerprint density at radius 1 is 0.509 bits per heavy atom. The molecule has 0 radical (unpaired) electrons. The van der Waals surface area contributed by atoms with E-state index in [1.54, 1.807) is 0 Å². The summed E-state index contributed by atoms with van der Waals surface area (Å²) in [5.74, 6) is -0.0935. The molecule has 0 saturated carbocycles. The second-order valence-electron chi connectivity index (χ2n) is 16.1. The topological polar surface area (TPSA) is 95.9 Å². The van der Waals surface area contributed by atoms with E-state index in [4.69, 9.17) is 4.74 Å². The van der Waals surface area contributed by atoms with Crippen molar-refractivity contribution < 1.29 is 24.5 Å². The number of esters is 1. The van der Waals surface area contributed by atoms with Gasteiger partial charge in [-0.05, 0) is 77.0 Å². The molecule has 0 aromatic heterocycles. The van der Waals surface area contributed by atoms with Gasteiger partial charge in [-0.15, -0.1) is 0 Å². The quantitative estimate of drug-likeness (QED) is 0.0248. The minimum Gasteiger partial charge on any atom is -0.466 e. The molecule has 3 N–H and O–H groups in total. The first-order valence-electron chi connectivity index (χ1n) is 23.8. The summed E-state index contributed by atoms with van der Waals surface area (Å²) in [7, 11) is 0. The number of allylic oxidation sites excluding steroid dienone is 6. The molecule has 0 heterocycles. The molecule has 0 fully saturated rings. The smallest absolute Gasteiger partial charge is 0.305 e. The lowest BCUT2D eigenvalue weighted by atomic mass is 10.0. The van der Waals surface area contributed by atoms with E-state index < -0.39 is 12.1 Å². The highest BCUT2D eigenvalue weighted by Crippen LogP contribution is 2.15. The molecule has 0 spiro atoms. The van der Waals surface area contributed by atoms with Crippen LogP contribution in [-0.4, -0.2) is 47.4 Å². The highest BCUT2D eigenvalue weighted by Gasteiger charge is 2.20. The number of aliphatic hydroxyl groups excluding tert-OH is 2. The van der Waals surface area contributed by atoms with Crippen molar-refractivity contribution in [1.82, 2.24) is 5.32 Å². The van der Waals surface area contributed by atoms with Crippen molar-refractivity contribution >= 4 is 11.9 Å². The normalized spacial score (nSPS) is 13.0. The van der Waals surface area contributed by atoms with Crippen LogP contribution in [0.25, 0.3) is 0 Å². The summed E-state index contributed by atoms with van der Waals surface area (Å²) in [5.41, 5.74) is 0. The van der Waals surface area contributed by atoms with Crippen molar-refractivity contribution in [2.75, 3.05) is 13.2 Å². The zero-order chi connectivity index (χ0) is 40.1. The first-order chi connectivity index (χ1) is 27.0. The van der Waals surface area contributed by atoms with E-state index in [-0.39, 0.29) is 18.5 Å². The summed E-state index contributed by atoms with van der Waals surface area (Å²) in [4.78, 5) is 24.3. The van der Waals surface area contributed by atoms with E-state index >= 15 is 0 Å². The first-order valence-corrected chi connectivity index (χ1v) is 23.8. The molecule has 0 aliphatic carbocycles. The van der Waals surface area contributed by atoms with Crippen LogP contribution in [0.1, 0.15) is 239 Å². The van der Waals surface area contributed by atoms with Crippen molar-refractivity contribution in [2.24, 2.45) is 0 Å². The lowest BCUT2D eigenvalue weighted by Crippen LogP contribution is -2.45. The van der Waals surface area contributed by atoms with Gasteiger partial charge in [0.1, 0.15) is 0 Å². The summed E-state index contributed by atoms with van der Waals surface area (Å²) in [6, 6.07) is -0.557. The number of hydrogen-bond donors (Lipinski definition) is 3. The van der Waals surface area contributed by atoms with E-state index in [0.29, 0.717) is 25.9 Å². The molecule has 0 saturated heterocycles. The van der Waals surface area contributed by atoms with Crippen LogP contribution in [0.15, 0.2) is 36.5 Å². The van der Waals surface area contributed by atoms with Gasteiger partial charge in [0.05, 0.1) is 25.4 Å². The zero-order valence-electron chi connectivity index (χ0n) is 36.4. The van der Waals surface area contributed by atoms with Crippen LogP contribution < -0.4 is 5.32 Å². The molecule has 2 atom stereocenters. The summed E-state index contributed by atoms with van der Waals surface area (Å²) >= 11 is 0. The molecule has 2 unspecified atom stereocenters. The number of carbonyl (C=O) groups excluding carboxylic acids is 2. The fourth-order valence-electron chi connectivity index (χ4n) is 6.96. The van der Waals surface area contributed by atoms with Crippen molar-refractivity contribution in [2.45, 2.75) is 251 Å². The van der Waals surface area contributed by atoms with Gasteiger partial charge >= 0.3 is 5.97 Å². The molecular weight excluding hydrogens is 683 g/mol. The third-order valence-electron chi connectivity index (χ3n) is 10.7. The van der Waals surface area contributed by atoms with E-state index in [9.17, 15) is 19.8 Å². The van der Waals surface area contributed by atoms with Crippen LogP contribution in [-0.2, 0) is 14.3 Å². The van der Waals surface area contributed by atoms with Crippen LogP contribution in [0.5, 0.6) is 0 Å². The standard InChI is InChI=1S/C49H91NO5/c1-3-5-7-9-11-13-15-22-25-29-33-37-41-47(52)46(45-51)50-48(53)42-38-34-30-26-23-19-17-16-18-20-24-28-32-36-40-44-55-49(54)43-39-35-31-27-21-14-12-10-8-6-4-2/h10,12,16,18,20,24,46-47,51-52H,3-9,11,13-15,17,19,21-23,25-45H2,1-2H3,(H,50,53)/b12-10-,18-16-,24-20-. The summed E-state index contributed by atoms with van der Waals surface area (Å²) in [6.45, 7) is 4.83. The number of carbonyl (C=O) groups is 2. The SMILES string of the molecule is CCCC/C=C\CCCCCCCC(=O)OCCCCC/C=C\C=C/CCCCCCCCC(=O)NC(CO)C(O)CCCCCCCCCCCCCC. The fourth-order valence-corrected chi connectivity index (χ4v) is 6.96. The number of nitrogens with one attached hydrogen (secondary N) is 1.